The van der Waals surface area contributed by atoms with Gasteiger partial charge in [-0.25, -0.2) is 0 Å². The van der Waals surface area contributed by atoms with Gasteiger partial charge in [-0.15, -0.1) is 0 Å². The lowest BCUT2D eigenvalue weighted by molar-refractivity contribution is 0.160. The van der Waals surface area contributed by atoms with Crippen LogP contribution in [-0.2, 0) is 4.74 Å². The molecule has 0 radical (unpaired) electrons. The summed E-state index contributed by atoms with van der Waals surface area (Å²) < 4.78 is 5.08. The standard InChI is InChI=1S/C11H13ClO2/c12-10-4-2-1-3-9(10)11(13)6-5-8-7-14-8/h1-4,8,11,13H,5-7H2. The summed E-state index contributed by atoms with van der Waals surface area (Å²) in [5.74, 6) is 0. The average Bonchev–Trinajstić information content (AvgIpc) is 2.98. The second kappa shape index (κ2) is 4.30. The number of hydrogen-bond acceptors (Lipinski definition) is 2. The number of halogens is 1. The van der Waals surface area contributed by atoms with Crippen LogP contribution < -0.4 is 0 Å². The first-order valence-electron chi connectivity index (χ1n) is 4.81. The van der Waals surface area contributed by atoms with E-state index >= 15 is 0 Å². The number of rotatable bonds is 4. The molecule has 1 heterocycles. The quantitative estimate of drug-likeness (QED) is 0.779. The first-order valence-corrected chi connectivity index (χ1v) is 5.19. The Labute approximate surface area is 88.5 Å². The highest BCUT2D eigenvalue weighted by atomic mass is 35.5. The van der Waals surface area contributed by atoms with Crippen LogP contribution in [0.3, 0.4) is 0 Å². The van der Waals surface area contributed by atoms with Crippen LogP contribution in [0.5, 0.6) is 0 Å². The van der Waals surface area contributed by atoms with Crippen molar-refractivity contribution in [3.63, 3.8) is 0 Å². The molecular weight excluding hydrogens is 200 g/mol. The summed E-state index contributed by atoms with van der Waals surface area (Å²) in [6.07, 6.45) is 1.53. The SMILES string of the molecule is OC(CCC1CO1)c1ccccc1Cl. The lowest BCUT2D eigenvalue weighted by Gasteiger charge is -2.11. The van der Waals surface area contributed by atoms with Crippen LogP contribution in [0.2, 0.25) is 5.02 Å². The molecule has 1 saturated heterocycles. The molecule has 1 N–H and O–H groups in total. The van der Waals surface area contributed by atoms with Crippen LogP contribution in [0.25, 0.3) is 0 Å². The van der Waals surface area contributed by atoms with E-state index in [1.807, 2.05) is 18.2 Å². The third-order valence-electron chi connectivity index (χ3n) is 2.43. The molecule has 0 spiro atoms. The van der Waals surface area contributed by atoms with Gasteiger partial charge in [0.05, 0.1) is 18.8 Å². The first kappa shape index (κ1) is 9.97. The van der Waals surface area contributed by atoms with E-state index in [1.54, 1.807) is 6.07 Å². The van der Waals surface area contributed by atoms with E-state index in [9.17, 15) is 5.11 Å². The van der Waals surface area contributed by atoms with Crippen LogP contribution in [0.15, 0.2) is 24.3 Å². The third-order valence-corrected chi connectivity index (χ3v) is 2.77. The maximum absolute atomic E-state index is 9.84. The lowest BCUT2D eigenvalue weighted by Crippen LogP contribution is -2.00. The molecule has 1 aliphatic heterocycles. The Hall–Kier alpha value is -0.570. The summed E-state index contributed by atoms with van der Waals surface area (Å²) in [4.78, 5) is 0. The van der Waals surface area contributed by atoms with E-state index in [-0.39, 0.29) is 0 Å². The second-order valence-corrected chi connectivity index (χ2v) is 3.98. The van der Waals surface area contributed by atoms with Gasteiger partial charge >= 0.3 is 0 Å². The van der Waals surface area contributed by atoms with E-state index in [4.69, 9.17) is 16.3 Å². The van der Waals surface area contributed by atoms with Gasteiger partial charge in [-0.05, 0) is 24.5 Å². The molecule has 0 amide bonds. The van der Waals surface area contributed by atoms with E-state index in [0.29, 0.717) is 17.5 Å². The Morgan fingerprint density at radius 1 is 1.50 bits per heavy atom. The van der Waals surface area contributed by atoms with Crippen LogP contribution in [0.4, 0.5) is 0 Å². The maximum Gasteiger partial charge on any atom is 0.0811 e. The first-order chi connectivity index (χ1) is 6.77. The summed E-state index contributed by atoms with van der Waals surface area (Å²) in [5.41, 5.74) is 0.815. The largest absolute Gasteiger partial charge is 0.388 e. The number of epoxide rings is 1. The zero-order valence-corrected chi connectivity index (χ0v) is 8.57. The lowest BCUT2D eigenvalue weighted by atomic mass is 10.0. The monoisotopic (exact) mass is 212 g/mol. The number of aliphatic hydroxyl groups excluding tert-OH is 1. The molecule has 0 bridgehead atoms. The van der Waals surface area contributed by atoms with Gasteiger partial charge in [0.1, 0.15) is 0 Å². The van der Waals surface area contributed by atoms with Gasteiger partial charge < -0.3 is 9.84 Å². The molecule has 76 valence electrons. The predicted molar refractivity (Wildman–Crippen MR) is 55.4 cm³/mol. The van der Waals surface area contributed by atoms with Crippen molar-refractivity contribution in [2.75, 3.05) is 6.61 Å². The van der Waals surface area contributed by atoms with Gasteiger partial charge in [0, 0.05) is 5.02 Å². The van der Waals surface area contributed by atoms with Crippen molar-refractivity contribution in [3.8, 4) is 0 Å². The third kappa shape index (κ3) is 2.47. The minimum Gasteiger partial charge on any atom is -0.388 e. The number of ether oxygens (including phenoxy) is 1. The number of benzene rings is 1. The average molecular weight is 213 g/mol. The summed E-state index contributed by atoms with van der Waals surface area (Å²) in [6.45, 7) is 0.843. The highest BCUT2D eigenvalue weighted by Gasteiger charge is 2.23. The van der Waals surface area contributed by atoms with Crippen molar-refractivity contribution in [2.45, 2.75) is 25.0 Å². The smallest absolute Gasteiger partial charge is 0.0811 e. The molecule has 1 aromatic rings. The number of hydrogen-bond donors (Lipinski definition) is 1. The Morgan fingerprint density at radius 2 is 2.21 bits per heavy atom. The van der Waals surface area contributed by atoms with Crippen molar-refractivity contribution in [1.82, 2.24) is 0 Å². The zero-order valence-electron chi connectivity index (χ0n) is 7.82. The Morgan fingerprint density at radius 3 is 2.86 bits per heavy atom. The van der Waals surface area contributed by atoms with E-state index < -0.39 is 6.10 Å². The molecular formula is C11H13ClO2. The molecule has 1 aromatic carbocycles. The molecule has 3 heteroatoms. The van der Waals surface area contributed by atoms with Gasteiger partial charge in [-0.2, -0.15) is 0 Å². The van der Waals surface area contributed by atoms with E-state index in [1.165, 1.54) is 0 Å². The maximum atomic E-state index is 9.84. The minimum atomic E-state index is -0.465. The van der Waals surface area contributed by atoms with Gasteiger partial charge in [0.15, 0.2) is 0 Å². The predicted octanol–water partition coefficient (Wildman–Crippen LogP) is 2.55. The molecule has 2 rings (SSSR count). The Kier molecular flexibility index (Phi) is 3.06. The second-order valence-electron chi connectivity index (χ2n) is 3.57. The summed E-state index contributed by atoms with van der Waals surface area (Å²) in [6, 6.07) is 7.41. The summed E-state index contributed by atoms with van der Waals surface area (Å²) in [5, 5.41) is 10.5. The molecule has 2 atom stereocenters. The summed E-state index contributed by atoms with van der Waals surface area (Å²) >= 11 is 5.96. The van der Waals surface area contributed by atoms with Gasteiger partial charge in [0.2, 0.25) is 0 Å². The van der Waals surface area contributed by atoms with Crippen LogP contribution >= 0.6 is 11.6 Å². The molecule has 14 heavy (non-hydrogen) atoms. The molecule has 0 aliphatic carbocycles. The topological polar surface area (TPSA) is 32.8 Å². The van der Waals surface area contributed by atoms with E-state index in [0.717, 1.165) is 18.6 Å². The molecule has 2 nitrogen and oxygen atoms in total. The van der Waals surface area contributed by atoms with Gasteiger partial charge in [-0.1, -0.05) is 29.8 Å². The highest BCUT2D eigenvalue weighted by molar-refractivity contribution is 6.31. The molecule has 1 fully saturated rings. The van der Waals surface area contributed by atoms with Crippen molar-refractivity contribution in [2.24, 2.45) is 0 Å². The summed E-state index contributed by atoms with van der Waals surface area (Å²) in [7, 11) is 0. The van der Waals surface area contributed by atoms with Crippen LogP contribution in [0.1, 0.15) is 24.5 Å². The molecule has 1 aliphatic rings. The highest BCUT2D eigenvalue weighted by Crippen LogP contribution is 2.28. The fourth-order valence-corrected chi connectivity index (χ4v) is 1.74. The molecule has 0 saturated carbocycles. The van der Waals surface area contributed by atoms with E-state index in [2.05, 4.69) is 0 Å². The van der Waals surface area contributed by atoms with Crippen LogP contribution in [-0.4, -0.2) is 17.8 Å². The van der Waals surface area contributed by atoms with Crippen molar-refractivity contribution >= 4 is 11.6 Å². The Balaban J connectivity index is 1.95. The molecule has 2 unspecified atom stereocenters. The van der Waals surface area contributed by atoms with Gasteiger partial charge in [0.25, 0.3) is 0 Å². The minimum absolute atomic E-state index is 0.368. The van der Waals surface area contributed by atoms with Crippen molar-refractivity contribution < 1.29 is 9.84 Å². The van der Waals surface area contributed by atoms with Crippen molar-refractivity contribution in [3.05, 3.63) is 34.9 Å². The van der Waals surface area contributed by atoms with Crippen molar-refractivity contribution in [1.29, 1.82) is 0 Å². The zero-order chi connectivity index (χ0) is 9.97. The number of aliphatic hydroxyl groups is 1. The Bertz CT molecular complexity index is 310. The normalized spacial score (nSPS) is 22.0. The fourth-order valence-electron chi connectivity index (χ4n) is 1.48. The molecule has 0 aromatic heterocycles. The van der Waals surface area contributed by atoms with Gasteiger partial charge in [-0.3, -0.25) is 0 Å². The van der Waals surface area contributed by atoms with Crippen LogP contribution in [0, 0.1) is 0 Å². The fraction of sp³-hybridized carbons (Fsp3) is 0.455.